The average Bonchev–Trinajstić information content (AvgIpc) is 2.96. The molecule has 198 valence electrons. The van der Waals surface area contributed by atoms with E-state index < -0.39 is 0 Å². The van der Waals surface area contributed by atoms with Crippen molar-refractivity contribution < 1.29 is 28.2 Å². The van der Waals surface area contributed by atoms with Gasteiger partial charge in [0.25, 0.3) is 0 Å². The highest BCUT2D eigenvalue weighted by molar-refractivity contribution is 5.87. The molecule has 0 saturated heterocycles. The van der Waals surface area contributed by atoms with Gasteiger partial charge in [-0.15, -0.1) is 0 Å². The van der Waals surface area contributed by atoms with Crippen LogP contribution < -0.4 is 9.13 Å². The standard InChI is InChI=1S/C32H30N2O4.CH4/c1-3-37-31(35)15-9-25-5-11-29(12-6-25)33-21-17-27(18-22-33)28-19-23-34(24-20-28)30-13-7-26(8-14-30)10-16-32(36)38-4-2;/h5-24H,3-4H2,1-2H3;1H4/q+2;/b15-9+,16-10+;. The number of carbonyl (C=O) groups is 2. The summed E-state index contributed by atoms with van der Waals surface area (Å²) in [6.45, 7) is 4.30. The molecular weight excluding hydrogens is 488 g/mol. The number of pyridine rings is 2. The Hall–Kier alpha value is -4.84. The first-order valence-electron chi connectivity index (χ1n) is 12.5. The molecule has 0 unspecified atom stereocenters. The molecule has 0 bridgehead atoms. The lowest BCUT2D eigenvalue weighted by Gasteiger charge is -2.02. The van der Waals surface area contributed by atoms with Gasteiger partial charge in [0.05, 0.1) is 13.2 Å². The van der Waals surface area contributed by atoms with E-state index in [1.165, 1.54) is 12.2 Å². The summed E-state index contributed by atoms with van der Waals surface area (Å²) >= 11 is 0. The third-order valence-electron chi connectivity index (χ3n) is 5.77. The van der Waals surface area contributed by atoms with Crippen LogP contribution in [0.4, 0.5) is 0 Å². The maximum Gasteiger partial charge on any atom is 0.330 e. The van der Waals surface area contributed by atoms with Crippen LogP contribution in [0.25, 0.3) is 34.7 Å². The van der Waals surface area contributed by atoms with Crippen LogP contribution >= 0.6 is 0 Å². The van der Waals surface area contributed by atoms with Crippen LogP contribution in [-0.2, 0) is 19.1 Å². The Bertz CT molecular complexity index is 1310. The summed E-state index contributed by atoms with van der Waals surface area (Å²) in [6.07, 6.45) is 14.5. The minimum Gasteiger partial charge on any atom is -0.463 e. The summed E-state index contributed by atoms with van der Waals surface area (Å²) in [5, 5.41) is 0. The second-order valence-corrected chi connectivity index (χ2v) is 8.34. The van der Waals surface area contributed by atoms with Crippen LogP contribution in [0.5, 0.6) is 0 Å². The van der Waals surface area contributed by atoms with Gasteiger partial charge in [-0.2, -0.15) is 9.13 Å². The molecule has 0 N–H and O–H groups in total. The highest BCUT2D eigenvalue weighted by Crippen LogP contribution is 2.17. The fraction of sp³-hybridized carbons (Fsp3) is 0.152. The molecule has 0 aliphatic heterocycles. The van der Waals surface area contributed by atoms with Gasteiger partial charge >= 0.3 is 11.9 Å². The fourth-order valence-corrected chi connectivity index (χ4v) is 3.81. The number of esters is 2. The molecule has 0 atom stereocenters. The van der Waals surface area contributed by atoms with Crippen molar-refractivity contribution in [2.24, 2.45) is 0 Å². The SMILES string of the molecule is C.CCOC(=O)/C=C/c1ccc(-[n+]2ccc(-c3cc[n+](-c4ccc(/C=C/C(=O)OCC)cc4)cc3)cc2)cc1. The number of benzene rings is 2. The van der Waals surface area contributed by atoms with Crippen molar-refractivity contribution in [3.63, 3.8) is 0 Å². The molecule has 0 aliphatic carbocycles. The molecule has 4 rings (SSSR count). The van der Waals surface area contributed by atoms with Crippen LogP contribution in [0.15, 0.2) is 110 Å². The Balaban J connectivity index is 0.00000420. The molecule has 2 aromatic heterocycles. The van der Waals surface area contributed by atoms with Crippen molar-refractivity contribution in [3.8, 4) is 22.5 Å². The van der Waals surface area contributed by atoms with E-state index in [-0.39, 0.29) is 19.4 Å². The lowest BCUT2D eigenvalue weighted by molar-refractivity contribution is -0.596. The number of carbonyl (C=O) groups excluding carboxylic acids is 2. The number of aromatic nitrogens is 2. The largest absolute Gasteiger partial charge is 0.463 e. The van der Waals surface area contributed by atoms with Gasteiger partial charge in [-0.3, -0.25) is 0 Å². The predicted octanol–water partition coefficient (Wildman–Crippen LogP) is 5.70. The second kappa shape index (κ2) is 14.2. The van der Waals surface area contributed by atoms with Gasteiger partial charge in [-0.05, 0) is 72.5 Å². The highest BCUT2D eigenvalue weighted by atomic mass is 16.5. The van der Waals surface area contributed by atoms with Crippen LogP contribution in [0.1, 0.15) is 32.4 Å². The third-order valence-corrected chi connectivity index (χ3v) is 5.77. The lowest BCUT2D eigenvalue weighted by Crippen LogP contribution is -2.29. The fourth-order valence-electron chi connectivity index (χ4n) is 3.81. The molecule has 0 spiro atoms. The summed E-state index contributed by atoms with van der Waals surface area (Å²) in [7, 11) is 0. The zero-order valence-electron chi connectivity index (χ0n) is 21.5. The first kappa shape index (κ1) is 28.7. The maximum atomic E-state index is 11.5. The molecular formula is C33H34N2O4+2. The summed E-state index contributed by atoms with van der Waals surface area (Å²) in [5.41, 5.74) is 6.13. The first-order valence-corrected chi connectivity index (χ1v) is 12.5. The van der Waals surface area contributed by atoms with Crippen molar-refractivity contribution in [3.05, 3.63) is 121 Å². The maximum absolute atomic E-state index is 11.5. The molecule has 2 aromatic carbocycles. The molecule has 0 aliphatic rings. The average molecular weight is 523 g/mol. The Morgan fingerprint density at radius 1 is 0.590 bits per heavy atom. The van der Waals surface area contributed by atoms with Gasteiger partial charge < -0.3 is 9.47 Å². The third kappa shape index (κ3) is 8.07. The van der Waals surface area contributed by atoms with Gasteiger partial charge in [-0.25, -0.2) is 9.59 Å². The van der Waals surface area contributed by atoms with E-state index in [9.17, 15) is 9.59 Å². The smallest absolute Gasteiger partial charge is 0.330 e. The molecule has 0 amide bonds. The van der Waals surface area contributed by atoms with Crippen LogP contribution in [0.3, 0.4) is 0 Å². The monoisotopic (exact) mass is 522 g/mol. The van der Waals surface area contributed by atoms with Gasteiger partial charge in [0, 0.05) is 60.7 Å². The Kier molecular flexibility index (Phi) is 10.5. The van der Waals surface area contributed by atoms with Gasteiger partial charge in [0.2, 0.25) is 11.4 Å². The Morgan fingerprint density at radius 3 is 1.23 bits per heavy atom. The van der Waals surface area contributed by atoms with E-state index >= 15 is 0 Å². The van der Waals surface area contributed by atoms with E-state index in [1.54, 1.807) is 26.0 Å². The van der Waals surface area contributed by atoms with E-state index in [1.807, 2.05) is 82.5 Å². The summed E-state index contributed by atoms with van der Waals surface area (Å²) in [4.78, 5) is 23.0. The Labute approximate surface area is 230 Å². The highest BCUT2D eigenvalue weighted by Gasteiger charge is 2.10. The van der Waals surface area contributed by atoms with Crippen molar-refractivity contribution in [1.82, 2.24) is 0 Å². The molecule has 4 aromatic rings. The predicted molar refractivity (Wildman–Crippen MR) is 153 cm³/mol. The first-order chi connectivity index (χ1) is 18.6. The van der Waals surface area contributed by atoms with Crippen molar-refractivity contribution in [2.45, 2.75) is 21.3 Å². The van der Waals surface area contributed by atoms with Gasteiger partial charge in [0.15, 0.2) is 24.8 Å². The van der Waals surface area contributed by atoms with E-state index in [2.05, 4.69) is 24.3 Å². The summed E-state index contributed by atoms with van der Waals surface area (Å²) < 4.78 is 13.9. The molecule has 0 fully saturated rings. The molecule has 2 heterocycles. The lowest BCUT2D eigenvalue weighted by atomic mass is 10.1. The molecule has 6 heteroatoms. The number of hydrogen-bond donors (Lipinski definition) is 0. The molecule has 0 radical (unpaired) electrons. The molecule has 39 heavy (non-hydrogen) atoms. The minimum absolute atomic E-state index is 0. The van der Waals surface area contributed by atoms with E-state index in [0.29, 0.717) is 13.2 Å². The van der Waals surface area contributed by atoms with Gasteiger partial charge in [0.1, 0.15) is 0 Å². The van der Waals surface area contributed by atoms with Crippen molar-refractivity contribution >= 4 is 24.1 Å². The number of ether oxygens (including phenoxy) is 2. The number of hydrogen-bond acceptors (Lipinski definition) is 4. The van der Waals surface area contributed by atoms with Crippen molar-refractivity contribution in [2.75, 3.05) is 13.2 Å². The topological polar surface area (TPSA) is 60.4 Å². The summed E-state index contributed by atoms with van der Waals surface area (Å²) in [5.74, 6) is -0.683. The molecule has 6 nitrogen and oxygen atoms in total. The number of nitrogens with zero attached hydrogens (tertiary/aromatic N) is 2. The zero-order valence-corrected chi connectivity index (χ0v) is 21.5. The van der Waals surface area contributed by atoms with Crippen LogP contribution in [0.2, 0.25) is 0 Å². The quantitative estimate of drug-likeness (QED) is 0.161. The Morgan fingerprint density at radius 2 is 0.923 bits per heavy atom. The minimum atomic E-state index is -0.342. The van der Waals surface area contributed by atoms with Crippen LogP contribution in [-0.4, -0.2) is 25.2 Å². The normalized spacial score (nSPS) is 10.8. The van der Waals surface area contributed by atoms with Crippen molar-refractivity contribution in [1.29, 1.82) is 0 Å². The summed E-state index contributed by atoms with van der Waals surface area (Å²) in [6, 6.07) is 24.2. The van der Waals surface area contributed by atoms with Crippen LogP contribution in [0, 0.1) is 0 Å². The zero-order chi connectivity index (χ0) is 26.7. The van der Waals surface area contributed by atoms with Gasteiger partial charge in [-0.1, -0.05) is 7.43 Å². The number of rotatable bonds is 9. The van der Waals surface area contributed by atoms with E-state index in [0.717, 1.165) is 33.6 Å². The van der Waals surface area contributed by atoms with E-state index in [4.69, 9.17) is 9.47 Å². The molecule has 0 saturated carbocycles. The second-order valence-electron chi connectivity index (χ2n) is 8.34.